The quantitative estimate of drug-likeness (QED) is 0.741. The minimum atomic E-state index is -1.21. The van der Waals surface area contributed by atoms with Gasteiger partial charge in [-0.25, -0.2) is 18.4 Å². The van der Waals surface area contributed by atoms with E-state index in [9.17, 15) is 23.2 Å². The van der Waals surface area contributed by atoms with Crippen molar-refractivity contribution < 1.29 is 23.1 Å². The van der Waals surface area contributed by atoms with Gasteiger partial charge in [0.15, 0.2) is 11.6 Å². The van der Waals surface area contributed by atoms with E-state index in [1.807, 2.05) is 0 Å². The van der Waals surface area contributed by atoms with Gasteiger partial charge in [0, 0.05) is 12.1 Å². The lowest BCUT2D eigenvalue weighted by molar-refractivity contribution is -0.160. The molecule has 2 aromatic rings. The molecule has 0 N–H and O–H groups in total. The van der Waals surface area contributed by atoms with Gasteiger partial charge in [-0.15, -0.1) is 0 Å². The number of benzene rings is 1. The number of nitrogens with zero attached hydrogens (tertiary/aromatic N) is 2. The first-order chi connectivity index (χ1) is 13.1. The van der Waals surface area contributed by atoms with E-state index in [4.69, 9.17) is 9.57 Å². The molecule has 0 aliphatic heterocycles. The minimum absolute atomic E-state index is 0.0120. The second-order valence-electron chi connectivity index (χ2n) is 7.83. The van der Waals surface area contributed by atoms with E-state index in [-0.39, 0.29) is 16.9 Å². The Morgan fingerprint density at radius 1 is 1.14 bits per heavy atom. The number of hydrogen-bond donors (Lipinski definition) is 0. The van der Waals surface area contributed by atoms with Gasteiger partial charge in [-0.1, -0.05) is 17.6 Å². The number of carbonyl (C=O) groups excluding carboxylic acids is 1. The summed E-state index contributed by atoms with van der Waals surface area (Å²) < 4.78 is 34.3. The molecule has 0 bridgehead atoms. The van der Waals surface area contributed by atoms with Crippen molar-refractivity contribution in [1.29, 1.82) is 0 Å². The number of fused-ring (bicyclic) bond motifs is 1. The smallest absolute Gasteiger partial charge is 0.365 e. The van der Waals surface area contributed by atoms with Crippen molar-refractivity contribution in [3.63, 3.8) is 0 Å². The zero-order chi connectivity index (χ0) is 20.6. The van der Waals surface area contributed by atoms with Gasteiger partial charge in [-0.2, -0.15) is 0 Å². The maximum Gasteiger partial charge on any atom is 0.365 e. The molecule has 1 aromatic carbocycles. The molecule has 1 aliphatic carbocycles. The van der Waals surface area contributed by atoms with Crippen LogP contribution in [-0.2, 0) is 9.53 Å². The van der Waals surface area contributed by atoms with Crippen LogP contribution in [0, 0.1) is 11.6 Å². The predicted molar refractivity (Wildman–Crippen MR) is 97.2 cm³/mol. The van der Waals surface area contributed by atoms with Gasteiger partial charge < -0.3 is 9.57 Å². The SMILES string of the molecule is CC(C)(C)OC(=O)COn1c(=O)c2cc(F)c(F)cc2n(C2CCCC2)c1=O. The Bertz CT molecular complexity index is 1030. The van der Waals surface area contributed by atoms with Crippen molar-refractivity contribution in [3.05, 3.63) is 44.6 Å². The molecule has 1 heterocycles. The lowest BCUT2D eigenvalue weighted by Crippen LogP contribution is -2.46. The molecule has 3 rings (SSSR count). The molecule has 1 aromatic heterocycles. The number of carbonyl (C=O) groups is 1. The van der Waals surface area contributed by atoms with E-state index >= 15 is 0 Å². The summed E-state index contributed by atoms with van der Waals surface area (Å²) >= 11 is 0. The second-order valence-corrected chi connectivity index (χ2v) is 7.83. The fourth-order valence-corrected chi connectivity index (χ4v) is 3.42. The van der Waals surface area contributed by atoms with Gasteiger partial charge in [-0.3, -0.25) is 9.36 Å². The minimum Gasteiger partial charge on any atom is -0.457 e. The number of ether oxygens (including phenoxy) is 1. The van der Waals surface area contributed by atoms with Crippen molar-refractivity contribution in [1.82, 2.24) is 9.30 Å². The number of hydrogen-bond acceptors (Lipinski definition) is 5. The van der Waals surface area contributed by atoms with Gasteiger partial charge in [0.25, 0.3) is 5.56 Å². The zero-order valence-corrected chi connectivity index (χ0v) is 16.0. The Labute approximate surface area is 159 Å². The Balaban J connectivity index is 2.10. The molecule has 0 amide bonds. The van der Waals surface area contributed by atoms with E-state index in [0.717, 1.165) is 25.0 Å². The van der Waals surface area contributed by atoms with Crippen LogP contribution in [0.3, 0.4) is 0 Å². The number of aromatic nitrogens is 2. The van der Waals surface area contributed by atoms with Crippen molar-refractivity contribution in [3.8, 4) is 0 Å². The van der Waals surface area contributed by atoms with Crippen LogP contribution in [0.15, 0.2) is 21.7 Å². The van der Waals surface area contributed by atoms with Crippen molar-refractivity contribution in [2.75, 3.05) is 6.61 Å². The molecule has 1 fully saturated rings. The Hall–Kier alpha value is -2.71. The van der Waals surface area contributed by atoms with Crippen LogP contribution < -0.4 is 16.1 Å². The molecule has 9 heteroatoms. The van der Waals surface area contributed by atoms with Gasteiger partial charge in [-0.05, 0) is 39.7 Å². The molecule has 28 heavy (non-hydrogen) atoms. The van der Waals surface area contributed by atoms with Crippen molar-refractivity contribution in [2.24, 2.45) is 0 Å². The molecule has 0 atom stereocenters. The van der Waals surface area contributed by atoms with Crippen LogP contribution in [0.1, 0.15) is 52.5 Å². The van der Waals surface area contributed by atoms with Crippen LogP contribution in [0.4, 0.5) is 8.78 Å². The number of rotatable bonds is 4. The van der Waals surface area contributed by atoms with Crippen LogP contribution in [0.2, 0.25) is 0 Å². The first kappa shape index (κ1) is 20.0. The first-order valence-electron chi connectivity index (χ1n) is 9.10. The summed E-state index contributed by atoms with van der Waals surface area (Å²) in [6.07, 6.45) is 3.08. The lowest BCUT2D eigenvalue weighted by atomic mass is 10.2. The highest BCUT2D eigenvalue weighted by molar-refractivity contribution is 5.78. The van der Waals surface area contributed by atoms with Crippen molar-refractivity contribution >= 4 is 16.9 Å². The normalized spacial score (nSPS) is 15.2. The van der Waals surface area contributed by atoms with Crippen LogP contribution in [-0.4, -0.2) is 27.5 Å². The van der Waals surface area contributed by atoms with Gasteiger partial charge in [0.1, 0.15) is 5.60 Å². The average Bonchev–Trinajstić information content (AvgIpc) is 3.09. The molecule has 1 saturated carbocycles. The summed E-state index contributed by atoms with van der Waals surface area (Å²) in [4.78, 5) is 42.6. The van der Waals surface area contributed by atoms with E-state index in [1.54, 1.807) is 20.8 Å². The predicted octanol–water partition coefficient (Wildman–Crippen LogP) is 2.33. The third-order valence-electron chi connectivity index (χ3n) is 4.51. The molecular formula is C19H22F2N2O5. The summed E-state index contributed by atoms with van der Waals surface area (Å²) in [7, 11) is 0. The second kappa shape index (κ2) is 7.37. The molecule has 0 radical (unpaired) electrons. The molecular weight excluding hydrogens is 374 g/mol. The lowest BCUT2D eigenvalue weighted by Gasteiger charge is -2.21. The highest BCUT2D eigenvalue weighted by Crippen LogP contribution is 2.30. The van der Waals surface area contributed by atoms with Crippen molar-refractivity contribution in [2.45, 2.75) is 58.1 Å². The highest BCUT2D eigenvalue weighted by Gasteiger charge is 2.25. The summed E-state index contributed by atoms with van der Waals surface area (Å²) in [6.45, 7) is 4.32. The Morgan fingerprint density at radius 2 is 1.75 bits per heavy atom. The average molecular weight is 396 g/mol. The monoisotopic (exact) mass is 396 g/mol. The van der Waals surface area contributed by atoms with Crippen LogP contribution in [0.5, 0.6) is 0 Å². The topological polar surface area (TPSA) is 79.5 Å². The molecule has 0 unspecified atom stereocenters. The summed E-state index contributed by atoms with van der Waals surface area (Å²) in [5, 5.41) is -0.199. The van der Waals surface area contributed by atoms with Gasteiger partial charge >= 0.3 is 11.7 Å². The molecule has 7 nitrogen and oxygen atoms in total. The highest BCUT2D eigenvalue weighted by atomic mass is 19.2. The maximum absolute atomic E-state index is 13.8. The van der Waals surface area contributed by atoms with Crippen LogP contribution in [0.25, 0.3) is 10.9 Å². The van der Waals surface area contributed by atoms with Gasteiger partial charge in [0.05, 0.1) is 10.9 Å². The molecule has 0 saturated heterocycles. The fourth-order valence-electron chi connectivity index (χ4n) is 3.42. The third kappa shape index (κ3) is 3.93. The largest absolute Gasteiger partial charge is 0.457 e. The first-order valence-corrected chi connectivity index (χ1v) is 9.10. The summed E-state index contributed by atoms with van der Waals surface area (Å²) in [5.41, 5.74) is -2.55. The van der Waals surface area contributed by atoms with E-state index in [2.05, 4.69) is 0 Å². The van der Waals surface area contributed by atoms with E-state index in [1.165, 1.54) is 4.57 Å². The Kier molecular flexibility index (Phi) is 5.27. The molecule has 0 spiro atoms. The third-order valence-corrected chi connectivity index (χ3v) is 4.51. The standard InChI is InChI=1S/C19H22F2N2O5/c1-19(2,3)28-16(24)10-27-23-17(25)12-8-13(20)14(21)9-15(12)22(18(23)26)11-6-4-5-7-11/h8-9,11H,4-7,10H2,1-3H3. The Morgan fingerprint density at radius 3 is 2.36 bits per heavy atom. The molecule has 1 aliphatic rings. The van der Waals surface area contributed by atoms with E-state index in [0.29, 0.717) is 17.6 Å². The summed E-state index contributed by atoms with van der Waals surface area (Å²) in [5.74, 6) is -3.12. The van der Waals surface area contributed by atoms with Crippen LogP contribution >= 0.6 is 0 Å². The van der Waals surface area contributed by atoms with E-state index < -0.39 is 41.1 Å². The number of halogens is 2. The molecule has 152 valence electrons. The maximum atomic E-state index is 13.8. The number of esters is 1. The fraction of sp³-hybridized carbons (Fsp3) is 0.526. The van der Waals surface area contributed by atoms with Gasteiger partial charge in [0.2, 0.25) is 6.61 Å². The zero-order valence-electron chi connectivity index (χ0n) is 16.0. The summed E-state index contributed by atoms with van der Waals surface area (Å²) in [6, 6.07) is 1.33.